The number of pyridine rings is 1. The predicted octanol–water partition coefficient (Wildman–Crippen LogP) is 14.0. The van der Waals surface area contributed by atoms with Crippen LogP contribution in [0.2, 0.25) is 0 Å². The number of hydrogen-bond donors (Lipinski definition) is 0. The smallest absolute Gasteiger partial charge is 0.0358 e. The summed E-state index contributed by atoms with van der Waals surface area (Å²) in [6.07, 6.45) is 3.80. The lowest BCUT2D eigenvalue weighted by Crippen LogP contribution is -2.15. The van der Waals surface area contributed by atoms with Crippen LogP contribution in [0.25, 0.3) is 53.2 Å². The molecule has 0 bridgehead atoms. The number of rotatable bonds is 2. The first-order chi connectivity index (χ1) is 24.1. The van der Waals surface area contributed by atoms with Crippen molar-refractivity contribution in [2.75, 3.05) is 0 Å². The molecule has 50 heavy (non-hydrogen) atoms. The molecular formula is C48H45NS. The van der Waals surface area contributed by atoms with E-state index >= 15 is 0 Å². The summed E-state index contributed by atoms with van der Waals surface area (Å²) in [6, 6.07) is 46.1. The standard InChI is InChI=1S/C25H21N.C15H14S.C8H10/c1-16-10-11-20-22(13-16)25(2,3)23-14-21(17-7-6-12-26-15-17)18-8-4-5-9-19(18)24(20)23;1-10(2)11-7-5-9-14-15(11)12-6-3-4-8-13(12)16-14;1-7-3-5-8(2)6-4-7/h4-15H,1-3H3;3-10H,1-2H3;3-6H,1-2H3. The summed E-state index contributed by atoms with van der Waals surface area (Å²) in [4.78, 5) is 4.35. The van der Waals surface area contributed by atoms with Gasteiger partial charge in [-0.25, -0.2) is 0 Å². The van der Waals surface area contributed by atoms with Gasteiger partial charge in [0.05, 0.1) is 0 Å². The summed E-state index contributed by atoms with van der Waals surface area (Å²) in [5.74, 6) is 0.585. The Morgan fingerprint density at radius 1 is 0.560 bits per heavy atom. The van der Waals surface area contributed by atoms with Gasteiger partial charge in [0, 0.05) is 43.5 Å². The van der Waals surface area contributed by atoms with Crippen LogP contribution in [0.3, 0.4) is 0 Å². The molecule has 0 amide bonds. The third kappa shape index (κ3) is 6.25. The Kier molecular flexibility index (Phi) is 9.16. The van der Waals surface area contributed by atoms with E-state index in [1.54, 1.807) is 0 Å². The maximum absolute atomic E-state index is 4.35. The van der Waals surface area contributed by atoms with Crippen LogP contribution in [-0.2, 0) is 5.41 Å². The summed E-state index contributed by atoms with van der Waals surface area (Å²) in [6.45, 7) is 15.6. The van der Waals surface area contributed by atoms with Gasteiger partial charge in [0.2, 0.25) is 0 Å². The van der Waals surface area contributed by atoms with E-state index in [1.807, 2.05) is 29.8 Å². The zero-order valence-corrected chi connectivity index (χ0v) is 31.0. The van der Waals surface area contributed by atoms with Gasteiger partial charge in [0.25, 0.3) is 0 Å². The molecule has 0 N–H and O–H groups in total. The van der Waals surface area contributed by atoms with Crippen molar-refractivity contribution in [2.24, 2.45) is 0 Å². The Morgan fingerprint density at radius 3 is 1.88 bits per heavy atom. The van der Waals surface area contributed by atoms with Gasteiger partial charge in [-0.2, -0.15) is 0 Å². The number of nitrogens with zero attached hydrogens (tertiary/aromatic N) is 1. The molecule has 1 nitrogen and oxygen atoms in total. The lowest BCUT2D eigenvalue weighted by atomic mass is 9.80. The molecule has 0 aliphatic heterocycles. The second kappa shape index (κ2) is 13.7. The highest BCUT2D eigenvalue weighted by Crippen LogP contribution is 2.53. The summed E-state index contributed by atoms with van der Waals surface area (Å²) >= 11 is 1.89. The Hall–Kier alpha value is -5.05. The highest BCUT2D eigenvalue weighted by molar-refractivity contribution is 7.25. The van der Waals surface area contributed by atoms with Gasteiger partial charge in [0.15, 0.2) is 0 Å². The van der Waals surface area contributed by atoms with Crippen LogP contribution in [0.15, 0.2) is 140 Å². The zero-order valence-electron chi connectivity index (χ0n) is 30.2. The molecule has 0 saturated heterocycles. The molecule has 0 unspecified atom stereocenters. The Bertz CT molecular complexity index is 2430. The molecule has 9 rings (SSSR count). The van der Waals surface area contributed by atoms with Crippen molar-refractivity contribution in [3.8, 4) is 22.3 Å². The largest absolute Gasteiger partial charge is 0.264 e. The molecule has 0 spiro atoms. The van der Waals surface area contributed by atoms with E-state index in [2.05, 4.69) is 175 Å². The number of benzene rings is 6. The second-order valence-corrected chi connectivity index (χ2v) is 15.5. The maximum atomic E-state index is 4.35. The second-order valence-electron chi connectivity index (χ2n) is 14.4. The van der Waals surface area contributed by atoms with E-state index in [9.17, 15) is 0 Å². The lowest BCUT2D eigenvalue weighted by molar-refractivity contribution is 0.660. The molecule has 248 valence electrons. The summed E-state index contributed by atoms with van der Waals surface area (Å²) in [7, 11) is 0. The monoisotopic (exact) mass is 667 g/mol. The molecule has 2 heteroatoms. The first-order valence-corrected chi connectivity index (χ1v) is 18.5. The highest BCUT2D eigenvalue weighted by atomic mass is 32.1. The summed E-state index contributed by atoms with van der Waals surface area (Å²) in [5, 5.41) is 5.49. The van der Waals surface area contributed by atoms with Crippen LogP contribution < -0.4 is 0 Å². The van der Waals surface area contributed by atoms with Crippen molar-refractivity contribution in [1.82, 2.24) is 4.98 Å². The van der Waals surface area contributed by atoms with Crippen molar-refractivity contribution >= 4 is 42.3 Å². The van der Waals surface area contributed by atoms with Crippen molar-refractivity contribution in [2.45, 2.75) is 59.8 Å². The van der Waals surface area contributed by atoms with E-state index in [1.165, 1.54) is 86.6 Å². The van der Waals surface area contributed by atoms with Gasteiger partial charge in [-0.3, -0.25) is 4.98 Å². The van der Waals surface area contributed by atoms with Crippen molar-refractivity contribution in [3.05, 3.63) is 173 Å². The quantitative estimate of drug-likeness (QED) is 0.179. The van der Waals surface area contributed by atoms with Crippen molar-refractivity contribution < 1.29 is 0 Å². The average molecular weight is 668 g/mol. The van der Waals surface area contributed by atoms with Gasteiger partial charge in [0.1, 0.15) is 0 Å². The minimum atomic E-state index is -0.00230. The van der Waals surface area contributed by atoms with Crippen LogP contribution in [0.1, 0.15) is 67.0 Å². The van der Waals surface area contributed by atoms with Crippen LogP contribution >= 0.6 is 11.3 Å². The lowest BCUT2D eigenvalue weighted by Gasteiger charge is -2.23. The molecule has 0 fully saturated rings. The SMILES string of the molecule is CC(C)c1cccc2sc3ccccc3c12.Cc1ccc(C)cc1.Cc1ccc2c(c1)C(C)(C)c1cc(-c3cccnc3)c3ccccc3c1-2. The van der Waals surface area contributed by atoms with Gasteiger partial charge in [-0.1, -0.05) is 148 Å². The third-order valence-electron chi connectivity index (χ3n) is 10.1. The number of fused-ring (bicyclic) bond motifs is 8. The fourth-order valence-electron chi connectivity index (χ4n) is 7.38. The Balaban J connectivity index is 0.000000138. The topological polar surface area (TPSA) is 12.9 Å². The molecule has 0 saturated carbocycles. The minimum absolute atomic E-state index is 0.00230. The van der Waals surface area contributed by atoms with E-state index in [0.29, 0.717) is 5.92 Å². The molecule has 2 aromatic heterocycles. The number of aryl methyl sites for hydroxylation is 3. The fourth-order valence-corrected chi connectivity index (χ4v) is 8.52. The molecule has 2 heterocycles. The van der Waals surface area contributed by atoms with Crippen LogP contribution in [0.4, 0.5) is 0 Å². The van der Waals surface area contributed by atoms with Gasteiger partial charge >= 0.3 is 0 Å². The molecule has 0 atom stereocenters. The molecule has 8 aromatic rings. The summed E-state index contributed by atoms with van der Waals surface area (Å²) < 4.78 is 2.80. The van der Waals surface area contributed by atoms with Crippen molar-refractivity contribution in [3.63, 3.8) is 0 Å². The normalized spacial score (nSPS) is 12.6. The number of aromatic nitrogens is 1. The van der Waals surface area contributed by atoms with E-state index < -0.39 is 0 Å². The fraction of sp³-hybridized carbons (Fsp3) is 0.188. The number of hydrogen-bond acceptors (Lipinski definition) is 2. The molecule has 1 aliphatic carbocycles. The zero-order chi connectivity index (χ0) is 35.0. The molecule has 1 aliphatic rings. The highest BCUT2D eigenvalue weighted by Gasteiger charge is 2.37. The molecule has 6 aromatic carbocycles. The predicted molar refractivity (Wildman–Crippen MR) is 219 cm³/mol. The van der Waals surface area contributed by atoms with E-state index in [-0.39, 0.29) is 5.41 Å². The van der Waals surface area contributed by atoms with Gasteiger partial charge in [-0.05, 0) is 95.1 Å². The van der Waals surface area contributed by atoms with Crippen molar-refractivity contribution in [1.29, 1.82) is 0 Å². The van der Waals surface area contributed by atoms with Gasteiger partial charge in [-0.15, -0.1) is 11.3 Å². The molecule has 0 radical (unpaired) electrons. The minimum Gasteiger partial charge on any atom is -0.264 e. The van der Waals surface area contributed by atoms with Gasteiger partial charge < -0.3 is 0 Å². The maximum Gasteiger partial charge on any atom is 0.0358 e. The Labute approximate surface area is 301 Å². The van der Waals surface area contributed by atoms with Crippen LogP contribution in [-0.4, -0.2) is 4.98 Å². The Morgan fingerprint density at radius 2 is 1.20 bits per heavy atom. The van der Waals surface area contributed by atoms with E-state index in [0.717, 1.165) is 0 Å². The first kappa shape index (κ1) is 33.4. The molecular weight excluding hydrogens is 623 g/mol. The summed E-state index contributed by atoms with van der Waals surface area (Å²) in [5.41, 5.74) is 13.5. The average Bonchev–Trinajstić information content (AvgIpc) is 3.62. The third-order valence-corrected chi connectivity index (χ3v) is 11.2. The first-order valence-electron chi connectivity index (χ1n) is 17.6. The van der Waals surface area contributed by atoms with E-state index in [4.69, 9.17) is 0 Å². The van der Waals surface area contributed by atoms with Crippen LogP contribution in [0, 0.1) is 20.8 Å². The number of thiophene rings is 1. The van der Waals surface area contributed by atoms with Crippen LogP contribution in [0.5, 0.6) is 0 Å².